The Labute approximate surface area is 121 Å². The van der Waals surface area contributed by atoms with E-state index in [1.165, 1.54) is 4.57 Å². The normalized spacial score (nSPS) is 21.8. The van der Waals surface area contributed by atoms with Gasteiger partial charge >= 0.3 is 5.69 Å². The van der Waals surface area contributed by atoms with Crippen molar-refractivity contribution in [2.24, 2.45) is 0 Å². The van der Waals surface area contributed by atoms with Crippen molar-refractivity contribution in [3.63, 3.8) is 0 Å². The Hall–Kier alpha value is -2.12. The molecule has 112 valence electrons. The second-order valence-corrected chi connectivity index (χ2v) is 5.11. The van der Waals surface area contributed by atoms with Gasteiger partial charge in [0.1, 0.15) is 23.6 Å². The number of aryl methyl sites for hydroxylation is 1. The highest BCUT2D eigenvalue weighted by Gasteiger charge is 2.27. The molecule has 1 saturated heterocycles. The standard InChI is InChI=1S/C14H17N3O4/c1-8-2-4-11(20-8)10-6-17(14(19)16-13(10)15)12-5-3-9(7-18)21-12/h2,4,6,9,12,18H,3,5,7H2,1H3,(H2,15,16,19). The molecule has 1 aliphatic heterocycles. The molecule has 2 atom stereocenters. The van der Waals surface area contributed by atoms with Crippen LogP contribution in [0.1, 0.15) is 24.8 Å². The van der Waals surface area contributed by atoms with E-state index in [9.17, 15) is 4.79 Å². The van der Waals surface area contributed by atoms with E-state index in [2.05, 4.69) is 4.98 Å². The number of aromatic nitrogens is 2. The monoisotopic (exact) mass is 291 g/mol. The molecule has 2 unspecified atom stereocenters. The Balaban J connectivity index is 2.00. The Morgan fingerprint density at radius 1 is 1.48 bits per heavy atom. The maximum Gasteiger partial charge on any atom is 0.351 e. The van der Waals surface area contributed by atoms with Crippen LogP contribution in [-0.4, -0.2) is 27.4 Å². The molecule has 0 spiro atoms. The molecule has 1 aliphatic rings. The fourth-order valence-electron chi connectivity index (χ4n) is 2.48. The van der Waals surface area contributed by atoms with Gasteiger partial charge in [0, 0.05) is 6.20 Å². The van der Waals surface area contributed by atoms with Crippen LogP contribution in [0, 0.1) is 6.92 Å². The quantitative estimate of drug-likeness (QED) is 0.876. The smallest absolute Gasteiger partial charge is 0.351 e. The minimum atomic E-state index is -0.469. The summed E-state index contributed by atoms with van der Waals surface area (Å²) in [7, 11) is 0. The molecule has 0 bridgehead atoms. The van der Waals surface area contributed by atoms with Crippen molar-refractivity contribution in [1.82, 2.24) is 9.55 Å². The van der Waals surface area contributed by atoms with Gasteiger partial charge in [0.2, 0.25) is 0 Å². The summed E-state index contributed by atoms with van der Waals surface area (Å²) in [5, 5.41) is 9.12. The van der Waals surface area contributed by atoms with Crippen LogP contribution >= 0.6 is 0 Å². The SMILES string of the molecule is Cc1ccc(-c2cn(C3CCC(CO)O3)c(=O)nc2N)o1. The predicted octanol–water partition coefficient (Wildman–Crippen LogP) is 1.06. The van der Waals surface area contributed by atoms with Gasteiger partial charge in [-0.15, -0.1) is 0 Å². The lowest BCUT2D eigenvalue weighted by molar-refractivity contribution is -0.0244. The van der Waals surface area contributed by atoms with E-state index in [0.717, 1.165) is 5.76 Å². The van der Waals surface area contributed by atoms with Crippen LogP contribution in [0.2, 0.25) is 0 Å². The first-order valence-corrected chi connectivity index (χ1v) is 6.80. The highest BCUT2D eigenvalue weighted by molar-refractivity contribution is 5.68. The number of nitrogens with zero attached hydrogens (tertiary/aromatic N) is 2. The topological polar surface area (TPSA) is 104 Å². The number of rotatable bonds is 3. The first kappa shape index (κ1) is 13.8. The van der Waals surface area contributed by atoms with Gasteiger partial charge in [0.25, 0.3) is 0 Å². The Morgan fingerprint density at radius 3 is 2.90 bits per heavy atom. The van der Waals surface area contributed by atoms with Crippen LogP contribution in [0.3, 0.4) is 0 Å². The average molecular weight is 291 g/mol. The van der Waals surface area contributed by atoms with Gasteiger partial charge in [-0.05, 0) is 31.9 Å². The highest BCUT2D eigenvalue weighted by Crippen LogP contribution is 2.30. The molecular weight excluding hydrogens is 274 g/mol. The van der Waals surface area contributed by atoms with Gasteiger partial charge in [-0.25, -0.2) is 4.79 Å². The first-order valence-electron chi connectivity index (χ1n) is 6.80. The number of furan rings is 1. The summed E-state index contributed by atoms with van der Waals surface area (Å²) in [6.45, 7) is 1.77. The molecule has 0 aromatic carbocycles. The van der Waals surface area contributed by atoms with E-state index in [1.807, 2.05) is 13.0 Å². The Kier molecular flexibility index (Phi) is 3.52. The second-order valence-electron chi connectivity index (χ2n) is 5.11. The number of nitrogens with two attached hydrogens (primary N) is 1. The summed E-state index contributed by atoms with van der Waals surface area (Å²) < 4.78 is 12.6. The maximum absolute atomic E-state index is 12.0. The van der Waals surface area contributed by atoms with E-state index < -0.39 is 11.9 Å². The van der Waals surface area contributed by atoms with Crippen LogP contribution in [0.5, 0.6) is 0 Å². The lowest BCUT2D eigenvalue weighted by Gasteiger charge is -2.16. The molecule has 2 aromatic heterocycles. The number of aliphatic hydroxyl groups is 1. The zero-order chi connectivity index (χ0) is 15.0. The second kappa shape index (κ2) is 5.34. The Bertz CT molecular complexity index is 706. The van der Waals surface area contributed by atoms with Crippen LogP contribution in [0.15, 0.2) is 27.5 Å². The lowest BCUT2D eigenvalue weighted by Crippen LogP contribution is -2.28. The van der Waals surface area contributed by atoms with Crippen LogP contribution in [0.4, 0.5) is 5.82 Å². The van der Waals surface area contributed by atoms with E-state index in [4.69, 9.17) is 20.0 Å². The number of nitrogen functional groups attached to an aromatic ring is 1. The Morgan fingerprint density at radius 2 is 2.29 bits per heavy atom. The van der Waals surface area contributed by atoms with Crippen LogP contribution in [-0.2, 0) is 4.74 Å². The number of anilines is 1. The van der Waals surface area contributed by atoms with Gasteiger partial charge < -0.3 is 20.0 Å². The number of hydrogen-bond acceptors (Lipinski definition) is 6. The fraction of sp³-hybridized carbons (Fsp3) is 0.429. The third-order valence-corrected chi connectivity index (χ3v) is 3.59. The number of ether oxygens (including phenoxy) is 1. The molecule has 2 aromatic rings. The minimum absolute atomic E-state index is 0.0577. The van der Waals surface area contributed by atoms with Gasteiger partial charge in [0.05, 0.1) is 18.3 Å². The third-order valence-electron chi connectivity index (χ3n) is 3.59. The zero-order valence-corrected chi connectivity index (χ0v) is 11.7. The van der Waals surface area contributed by atoms with E-state index in [1.54, 1.807) is 12.3 Å². The van der Waals surface area contributed by atoms with Crippen molar-refractivity contribution in [3.05, 3.63) is 34.6 Å². The van der Waals surface area contributed by atoms with E-state index in [-0.39, 0.29) is 18.5 Å². The molecular formula is C14H17N3O4. The molecule has 3 heterocycles. The van der Waals surface area contributed by atoms with E-state index in [0.29, 0.717) is 24.2 Å². The summed E-state index contributed by atoms with van der Waals surface area (Å²) in [6.07, 6.45) is 2.28. The highest BCUT2D eigenvalue weighted by atomic mass is 16.5. The van der Waals surface area contributed by atoms with Crippen molar-refractivity contribution in [2.45, 2.75) is 32.1 Å². The molecule has 0 aliphatic carbocycles. The molecule has 0 radical (unpaired) electrons. The van der Waals surface area contributed by atoms with Gasteiger partial charge in [-0.2, -0.15) is 4.98 Å². The van der Waals surface area contributed by atoms with Gasteiger partial charge in [0.15, 0.2) is 0 Å². The van der Waals surface area contributed by atoms with Crippen molar-refractivity contribution in [2.75, 3.05) is 12.3 Å². The van der Waals surface area contributed by atoms with Gasteiger partial charge in [-0.1, -0.05) is 0 Å². The number of aliphatic hydroxyl groups excluding tert-OH is 1. The summed E-state index contributed by atoms with van der Waals surface area (Å²) in [5.74, 6) is 1.44. The van der Waals surface area contributed by atoms with Crippen LogP contribution < -0.4 is 11.4 Å². The summed E-state index contributed by atoms with van der Waals surface area (Å²) in [4.78, 5) is 15.8. The third kappa shape index (κ3) is 2.57. The van der Waals surface area contributed by atoms with Crippen molar-refractivity contribution in [3.8, 4) is 11.3 Å². The number of hydrogen-bond donors (Lipinski definition) is 2. The van der Waals surface area contributed by atoms with Crippen molar-refractivity contribution in [1.29, 1.82) is 0 Å². The molecule has 1 fully saturated rings. The zero-order valence-electron chi connectivity index (χ0n) is 11.7. The largest absolute Gasteiger partial charge is 0.461 e. The first-order chi connectivity index (χ1) is 10.1. The average Bonchev–Trinajstić information content (AvgIpc) is 3.08. The molecule has 21 heavy (non-hydrogen) atoms. The van der Waals surface area contributed by atoms with Crippen molar-refractivity contribution < 1.29 is 14.3 Å². The minimum Gasteiger partial charge on any atom is -0.461 e. The molecule has 3 N–H and O–H groups in total. The van der Waals surface area contributed by atoms with E-state index >= 15 is 0 Å². The molecule has 7 heteroatoms. The van der Waals surface area contributed by atoms with Gasteiger partial charge in [-0.3, -0.25) is 4.57 Å². The molecule has 0 amide bonds. The molecule has 3 rings (SSSR count). The summed E-state index contributed by atoms with van der Waals surface area (Å²) in [5.41, 5.74) is 5.90. The predicted molar refractivity (Wildman–Crippen MR) is 75.6 cm³/mol. The van der Waals surface area contributed by atoms with Crippen LogP contribution in [0.25, 0.3) is 11.3 Å². The van der Waals surface area contributed by atoms with Crippen molar-refractivity contribution >= 4 is 5.82 Å². The molecule has 7 nitrogen and oxygen atoms in total. The molecule has 0 saturated carbocycles. The summed E-state index contributed by atoms with van der Waals surface area (Å²) in [6, 6.07) is 3.60. The summed E-state index contributed by atoms with van der Waals surface area (Å²) >= 11 is 0. The lowest BCUT2D eigenvalue weighted by atomic mass is 10.2. The maximum atomic E-state index is 12.0. The fourth-order valence-corrected chi connectivity index (χ4v) is 2.48.